The van der Waals surface area contributed by atoms with Gasteiger partial charge in [-0.15, -0.1) is 0 Å². The minimum atomic E-state index is -1.01. The Morgan fingerprint density at radius 2 is 1.88 bits per heavy atom. The minimum absolute atomic E-state index is 0.259. The Morgan fingerprint density at radius 1 is 1.35 bits per heavy atom. The van der Waals surface area contributed by atoms with Crippen LogP contribution in [0.2, 0.25) is 0 Å². The van der Waals surface area contributed by atoms with Crippen molar-refractivity contribution in [2.45, 2.75) is 32.3 Å². The molecule has 0 bridgehead atoms. The zero-order valence-corrected chi connectivity index (χ0v) is 10.3. The number of piperidine rings is 1. The lowest BCUT2D eigenvalue weighted by molar-refractivity contribution is -0.137. The predicted octanol–water partition coefficient (Wildman–Crippen LogP) is 0.360. The fourth-order valence-corrected chi connectivity index (χ4v) is 1.86. The molecule has 0 aromatic rings. The highest BCUT2D eigenvalue weighted by Gasteiger charge is 2.31. The van der Waals surface area contributed by atoms with E-state index >= 15 is 0 Å². The fourth-order valence-electron chi connectivity index (χ4n) is 1.86. The number of carbonyl (C=O) groups is 2. The number of hydrogen-bond donors (Lipinski definition) is 2. The van der Waals surface area contributed by atoms with E-state index in [0.29, 0.717) is 32.5 Å². The van der Waals surface area contributed by atoms with Crippen LogP contribution in [0.4, 0.5) is 4.79 Å². The van der Waals surface area contributed by atoms with E-state index in [1.54, 1.807) is 18.7 Å². The quantitative estimate of drug-likeness (QED) is 0.751. The molecule has 6 heteroatoms. The highest BCUT2D eigenvalue weighted by molar-refractivity contribution is 5.80. The lowest BCUT2D eigenvalue weighted by Crippen LogP contribution is -2.51. The molecule has 0 atom stereocenters. The lowest BCUT2D eigenvalue weighted by Gasteiger charge is -2.37. The molecule has 0 aromatic carbocycles. The van der Waals surface area contributed by atoms with Gasteiger partial charge in [0.1, 0.15) is 6.54 Å². The van der Waals surface area contributed by atoms with Gasteiger partial charge in [0.05, 0.1) is 5.60 Å². The maximum atomic E-state index is 12.0. The van der Waals surface area contributed by atoms with Crippen LogP contribution in [-0.4, -0.2) is 63.8 Å². The summed E-state index contributed by atoms with van der Waals surface area (Å²) in [7, 11) is 0. The maximum Gasteiger partial charge on any atom is 0.323 e. The molecule has 98 valence electrons. The van der Waals surface area contributed by atoms with Crippen molar-refractivity contribution < 1.29 is 19.8 Å². The van der Waals surface area contributed by atoms with Crippen LogP contribution in [-0.2, 0) is 4.79 Å². The number of hydrogen-bond acceptors (Lipinski definition) is 3. The van der Waals surface area contributed by atoms with Gasteiger partial charge < -0.3 is 20.0 Å². The zero-order chi connectivity index (χ0) is 13.1. The van der Waals surface area contributed by atoms with E-state index in [-0.39, 0.29) is 12.6 Å². The van der Waals surface area contributed by atoms with Gasteiger partial charge in [-0.3, -0.25) is 4.79 Å². The van der Waals surface area contributed by atoms with Gasteiger partial charge in [0.2, 0.25) is 0 Å². The summed E-state index contributed by atoms with van der Waals surface area (Å²) >= 11 is 0. The van der Waals surface area contributed by atoms with E-state index in [0.717, 1.165) is 0 Å². The second-order valence-electron chi connectivity index (χ2n) is 4.67. The minimum Gasteiger partial charge on any atom is -0.480 e. The first kappa shape index (κ1) is 13.8. The molecular weight excluding hydrogens is 224 g/mol. The first-order chi connectivity index (χ1) is 7.85. The molecule has 0 unspecified atom stereocenters. The Kier molecular flexibility index (Phi) is 4.34. The van der Waals surface area contributed by atoms with Crippen LogP contribution >= 0.6 is 0 Å². The van der Waals surface area contributed by atoms with E-state index in [1.807, 2.05) is 0 Å². The average molecular weight is 244 g/mol. The number of amides is 2. The number of urea groups is 1. The van der Waals surface area contributed by atoms with Crippen LogP contribution in [0, 0.1) is 0 Å². The van der Waals surface area contributed by atoms with Crippen LogP contribution in [0.15, 0.2) is 0 Å². The molecule has 0 radical (unpaired) electrons. The Hall–Kier alpha value is -1.30. The second-order valence-corrected chi connectivity index (χ2v) is 4.67. The summed E-state index contributed by atoms with van der Waals surface area (Å²) in [5, 5.41) is 18.5. The fraction of sp³-hybridized carbons (Fsp3) is 0.818. The first-order valence-electron chi connectivity index (χ1n) is 5.84. The third-order valence-corrected chi connectivity index (χ3v) is 3.09. The number of likely N-dealkylation sites (tertiary alicyclic amines) is 1. The van der Waals surface area contributed by atoms with Gasteiger partial charge in [-0.2, -0.15) is 0 Å². The monoisotopic (exact) mass is 244 g/mol. The van der Waals surface area contributed by atoms with Crippen molar-refractivity contribution in [3.63, 3.8) is 0 Å². The van der Waals surface area contributed by atoms with Crippen LogP contribution < -0.4 is 0 Å². The molecule has 2 amide bonds. The van der Waals surface area contributed by atoms with Gasteiger partial charge in [0.25, 0.3) is 0 Å². The van der Waals surface area contributed by atoms with Crippen LogP contribution in [0.25, 0.3) is 0 Å². The van der Waals surface area contributed by atoms with Crippen molar-refractivity contribution in [3.8, 4) is 0 Å². The van der Waals surface area contributed by atoms with Crippen molar-refractivity contribution >= 4 is 12.0 Å². The number of likely N-dealkylation sites (N-methyl/N-ethyl adjacent to an activating group) is 1. The number of aliphatic carboxylic acids is 1. The molecule has 1 rings (SSSR count). The van der Waals surface area contributed by atoms with Crippen molar-refractivity contribution in [2.24, 2.45) is 0 Å². The topological polar surface area (TPSA) is 81.1 Å². The van der Waals surface area contributed by atoms with Gasteiger partial charge in [0, 0.05) is 19.6 Å². The van der Waals surface area contributed by atoms with E-state index in [4.69, 9.17) is 5.11 Å². The summed E-state index contributed by atoms with van der Waals surface area (Å²) in [5.74, 6) is -1.01. The summed E-state index contributed by atoms with van der Waals surface area (Å²) in [5.41, 5.74) is -0.708. The van der Waals surface area contributed by atoms with Crippen LogP contribution in [0.1, 0.15) is 26.7 Å². The lowest BCUT2D eigenvalue weighted by atomic mass is 9.94. The van der Waals surface area contributed by atoms with E-state index in [1.165, 1.54) is 4.90 Å². The van der Waals surface area contributed by atoms with Gasteiger partial charge >= 0.3 is 12.0 Å². The Labute approximate surface area is 101 Å². The standard InChI is InChI=1S/C11H20N2O4/c1-3-12(8-9(14)15)10(16)13-6-4-11(2,17)5-7-13/h17H,3-8H2,1-2H3,(H,14,15). The smallest absolute Gasteiger partial charge is 0.323 e. The molecule has 1 fully saturated rings. The Balaban J connectivity index is 2.55. The molecule has 0 saturated carbocycles. The molecule has 6 nitrogen and oxygen atoms in total. The number of nitrogens with zero attached hydrogens (tertiary/aromatic N) is 2. The van der Waals surface area contributed by atoms with Crippen molar-refractivity contribution in [1.82, 2.24) is 9.80 Å². The van der Waals surface area contributed by atoms with Crippen molar-refractivity contribution in [2.75, 3.05) is 26.2 Å². The number of carboxylic acids is 1. The van der Waals surface area contributed by atoms with Crippen LogP contribution in [0.5, 0.6) is 0 Å². The Bertz CT molecular complexity index is 294. The number of aliphatic hydroxyl groups is 1. The molecule has 17 heavy (non-hydrogen) atoms. The molecule has 0 aliphatic carbocycles. The number of rotatable bonds is 3. The summed E-state index contributed by atoms with van der Waals surface area (Å²) in [6.45, 7) is 4.55. The number of carbonyl (C=O) groups excluding carboxylic acids is 1. The third-order valence-electron chi connectivity index (χ3n) is 3.09. The average Bonchev–Trinajstić information content (AvgIpc) is 2.24. The van der Waals surface area contributed by atoms with Gasteiger partial charge in [-0.1, -0.05) is 0 Å². The maximum absolute atomic E-state index is 12.0. The molecule has 1 saturated heterocycles. The zero-order valence-electron chi connectivity index (χ0n) is 10.3. The largest absolute Gasteiger partial charge is 0.480 e. The van der Waals surface area contributed by atoms with Crippen molar-refractivity contribution in [1.29, 1.82) is 0 Å². The Morgan fingerprint density at radius 3 is 2.29 bits per heavy atom. The second kappa shape index (κ2) is 5.35. The first-order valence-corrected chi connectivity index (χ1v) is 5.84. The summed E-state index contributed by atoms with van der Waals surface area (Å²) in [6.07, 6.45) is 1.06. The van der Waals surface area contributed by atoms with E-state index < -0.39 is 11.6 Å². The molecule has 1 heterocycles. The van der Waals surface area contributed by atoms with E-state index in [2.05, 4.69) is 0 Å². The SMILES string of the molecule is CCN(CC(=O)O)C(=O)N1CCC(C)(O)CC1. The highest BCUT2D eigenvalue weighted by Crippen LogP contribution is 2.21. The highest BCUT2D eigenvalue weighted by atomic mass is 16.4. The molecular formula is C11H20N2O4. The molecule has 2 N–H and O–H groups in total. The van der Waals surface area contributed by atoms with E-state index in [9.17, 15) is 14.7 Å². The molecule has 1 aliphatic heterocycles. The number of carboxylic acid groups (broad SMARTS) is 1. The molecule has 0 aromatic heterocycles. The summed E-state index contributed by atoms with van der Waals surface area (Å²) in [4.78, 5) is 25.5. The van der Waals surface area contributed by atoms with Gasteiger partial charge in [0.15, 0.2) is 0 Å². The third kappa shape index (κ3) is 3.89. The van der Waals surface area contributed by atoms with Crippen LogP contribution in [0.3, 0.4) is 0 Å². The predicted molar refractivity (Wildman–Crippen MR) is 61.7 cm³/mol. The molecule has 0 spiro atoms. The van der Waals surface area contributed by atoms with Gasteiger partial charge in [-0.05, 0) is 26.7 Å². The summed E-state index contributed by atoms with van der Waals surface area (Å²) < 4.78 is 0. The summed E-state index contributed by atoms with van der Waals surface area (Å²) in [6, 6.07) is -0.259. The van der Waals surface area contributed by atoms with Gasteiger partial charge in [-0.25, -0.2) is 4.79 Å². The molecule has 1 aliphatic rings. The normalized spacial score (nSPS) is 18.9. The van der Waals surface area contributed by atoms with Crippen molar-refractivity contribution in [3.05, 3.63) is 0 Å².